The number of alkyl halides is 3. The average molecular weight is 453 g/mol. The first kappa shape index (κ1) is 19.7. The quantitative estimate of drug-likeness (QED) is 0.504. The molecular formula is C19H12BrF3N2O3. The summed E-state index contributed by atoms with van der Waals surface area (Å²) in [5.41, 5.74) is -0.479. The van der Waals surface area contributed by atoms with Crippen molar-refractivity contribution in [1.29, 1.82) is 0 Å². The molecule has 1 heterocycles. The summed E-state index contributed by atoms with van der Waals surface area (Å²) in [6.45, 7) is 0. The molecule has 0 aliphatic heterocycles. The minimum atomic E-state index is -4.41. The molecule has 0 radical (unpaired) electrons. The van der Waals surface area contributed by atoms with Crippen molar-refractivity contribution in [1.82, 2.24) is 4.98 Å². The molecule has 1 amide bonds. The van der Waals surface area contributed by atoms with Crippen LogP contribution < -0.4 is 10.1 Å². The first-order valence-corrected chi connectivity index (χ1v) is 8.64. The molecule has 0 aliphatic carbocycles. The van der Waals surface area contributed by atoms with Gasteiger partial charge in [0.15, 0.2) is 5.69 Å². The van der Waals surface area contributed by atoms with E-state index < -0.39 is 17.6 Å². The number of benzene rings is 2. The second-order valence-electron chi connectivity index (χ2n) is 5.60. The molecular weight excluding hydrogens is 441 g/mol. The minimum absolute atomic E-state index is 0.139. The van der Waals surface area contributed by atoms with Crippen LogP contribution >= 0.6 is 15.9 Å². The van der Waals surface area contributed by atoms with Crippen molar-refractivity contribution in [2.24, 2.45) is 0 Å². The van der Waals surface area contributed by atoms with E-state index >= 15 is 0 Å². The molecule has 5 nitrogen and oxygen atoms in total. The summed E-state index contributed by atoms with van der Waals surface area (Å²) in [4.78, 5) is 16.1. The molecule has 3 rings (SSSR count). The standard InChI is InChI=1S/C19H12BrF3N2O3/c20-16-10-9-15(26)17(25-16)18(27)24-12-3-7-14(8-4-12)28-13-5-1-11(2-6-13)19(21,22)23/h1-10,26H,(H,24,27). The van der Waals surface area contributed by atoms with Gasteiger partial charge in [0, 0.05) is 5.69 Å². The normalized spacial score (nSPS) is 11.1. The number of amides is 1. The van der Waals surface area contributed by atoms with Crippen LogP contribution in [-0.4, -0.2) is 16.0 Å². The molecule has 2 N–H and O–H groups in total. The summed E-state index contributed by atoms with van der Waals surface area (Å²) in [6, 6.07) is 13.3. The summed E-state index contributed by atoms with van der Waals surface area (Å²) >= 11 is 3.13. The van der Waals surface area contributed by atoms with Crippen molar-refractivity contribution in [3.63, 3.8) is 0 Å². The van der Waals surface area contributed by atoms with E-state index in [0.717, 1.165) is 12.1 Å². The summed E-state index contributed by atoms with van der Waals surface area (Å²) < 4.78 is 43.6. The Hall–Kier alpha value is -3.07. The molecule has 3 aromatic rings. The van der Waals surface area contributed by atoms with Crippen molar-refractivity contribution in [3.8, 4) is 17.2 Å². The number of hydrogen-bond donors (Lipinski definition) is 2. The van der Waals surface area contributed by atoms with Crippen LogP contribution in [-0.2, 0) is 6.18 Å². The number of carbonyl (C=O) groups excluding carboxylic acids is 1. The maximum Gasteiger partial charge on any atom is 0.416 e. The van der Waals surface area contributed by atoms with Crippen LogP contribution in [0.25, 0.3) is 0 Å². The van der Waals surface area contributed by atoms with E-state index in [1.54, 1.807) is 24.3 Å². The lowest BCUT2D eigenvalue weighted by Gasteiger charge is -2.10. The second-order valence-corrected chi connectivity index (χ2v) is 6.42. The highest BCUT2D eigenvalue weighted by atomic mass is 79.9. The van der Waals surface area contributed by atoms with Crippen LogP contribution in [0.1, 0.15) is 16.1 Å². The number of rotatable bonds is 4. The van der Waals surface area contributed by atoms with Gasteiger partial charge in [-0.25, -0.2) is 4.98 Å². The van der Waals surface area contributed by atoms with Gasteiger partial charge >= 0.3 is 6.18 Å². The topological polar surface area (TPSA) is 71.5 Å². The van der Waals surface area contributed by atoms with Gasteiger partial charge in [-0.15, -0.1) is 0 Å². The lowest BCUT2D eigenvalue weighted by molar-refractivity contribution is -0.137. The van der Waals surface area contributed by atoms with E-state index in [-0.39, 0.29) is 17.2 Å². The largest absolute Gasteiger partial charge is 0.505 e. The predicted molar refractivity (Wildman–Crippen MR) is 99.5 cm³/mol. The Labute approximate surface area is 165 Å². The van der Waals surface area contributed by atoms with E-state index in [2.05, 4.69) is 26.2 Å². The molecule has 0 saturated heterocycles. The zero-order valence-corrected chi connectivity index (χ0v) is 15.6. The smallest absolute Gasteiger partial charge is 0.416 e. The molecule has 0 atom stereocenters. The van der Waals surface area contributed by atoms with Crippen LogP contribution in [0.2, 0.25) is 0 Å². The number of nitrogens with one attached hydrogen (secondary N) is 1. The van der Waals surface area contributed by atoms with Gasteiger partial charge in [-0.05, 0) is 76.6 Å². The Balaban J connectivity index is 1.66. The van der Waals surface area contributed by atoms with Gasteiger partial charge in [-0.1, -0.05) is 0 Å². The van der Waals surface area contributed by atoms with Crippen molar-refractivity contribution in [2.45, 2.75) is 6.18 Å². The fraction of sp³-hybridized carbons (Fsp3) is 0.0526. The summed E-state index contributed by atoms with van der Waals surface area (Å²) in [5, 5.41) is 12.3. The van der Waals surface area contributed by atoms with Crippen LogP contribution in [0.3, 0.4) is 0 Å². The van der Waals surface area contributed by atoms with Gasteiger partial charge < -0.3 is 15.2 Å². The zero-order valence-electron chi connectivity index (χ0n) is 14.0. The van der Waals surface area contributed by atoms with E-state index in [0.29, 0.717) is 16.0 Å². The monoisotopic (exact) mass is 452 g/mol. The fourth-order valence-electron chi connectivity index (χ4n) is 2.24. The molecule has 0 spiro atoms. The lowest BCUT2D eigenvalue weighted by Crippen LogP contribution is -2.14. The fourth-order valence-corrected chi connectivity index (χ4v) is 2.55. The summed E-state index contributed by atoms with van der Waals surface area (Å²) in [5.74, 6) is -0.243. The Bertz CT molecular complexity index is 991. The molecule has 0 bridgehead atoms. The SMILES string of the molecule is O=C(Nc1ccc(Oc2ccc(C(F)(F)F)cc2)cc1)c1nc(Br)ccc1O. The van der Waals surface area contributed by atoms with E-state index in [9.17, 15) is 23.1 Å². The van der Waals surface area contributed by atoms with E-state index in [1.165, 1.54) is 24.3 Å². The van der Waals surface area contributed by atoms with Crippen molar-refractivity contribution < 1.29 is 27.8 Å². The second kappa shape index (κ2) is 7.89. The van der Waals surface area contributed by atoms with Crippen molar-refractivity contribution in [2.75, 3.05) is 5.32 Å². The minimum Gasteiger partial charge on any atom is -0.505 e. The molecule has 0 unspecified atom stereocenters. The number of aromatic hydroxyl groups is 1. The Morgan fingerprint density at radius 1 is 0.964 bits per heavy atom. The first-order chi connectivity index (χ1) is 13.2. The van der Waals surface area contributed by atoms with E-state index in [4.69, 9.17) is 4.74 Å². The van der Waals surface area contributed by atoms with Crippen LogP contribution in [0.4, 0.5) is 18.9 Å². The predicted octanol–water partition coefficient (Wildman–Crippen LogP) is 5.61. The molecule has 0 saturated carbocycles. The highest BCUT2D eigenvalue weighted by Gasteiger charge is 2.30. The number of nitrogens with zero attached hydrogens (tertiary/aromatic N) is 1. The summed E-state index contributed by atoms with van der Waals surface area (Å²) in [7, 11) is 0. The van der Waals surface area contributed by atoms with E-state index in [1.807, 2.05) is 0 Å². The third-order valence-electron chi connectivity index (χ3n) is 3.58. The molecule has 0 aliphatic rings. The number of aromatic nitrogens is 1. The van der Waals surface area contributed by atoms with Gasteiger partial charge in [0.2, 0.25) is 0 Å². The number of anilines is 1. The van der Waals surface area contributed by atoms with Gasteiger partial charge in [0.1, 0.15) is 21.9 Å². The molecule has 144 valence electrons. The molecule has 2 aromatic carbocycles. The molecule has 28 heavy (non-hydrogen) atoms. The highest BCUT2D eigenvalue weighted by molar-refractivity contribution is 9.10. The van der Waals surface area contributed by atoms with Gasteiger partial charge in [-0.2, -0.15) is 13.2 Å². The maximum atomic E-state index is 12.6. The number of hydrogen-bond acceptors (Lipinski definition) is 4. The number of halogens is 4. The number of carbonyl (C=O) groups is 1. The number of ether oxygens (including phenoxy) is 1. The average Bonchev–Trinajstić information content (AvgIpc) is 2.65. The lowest BCUT2D eigenvalue weighted by atomic mass is 10.2. The molecule has 0 fully saturated rings. The van der Waals surface area contributed by atoms with Crippen LogP contribution in [0, 0.1) is 0 Å². The highest BCUT2D eigenvalue weighted by Crippen LogP contribution is 2.31. The number of pyridine rings is 1. The molecule has 1 aromatic heterocycles. The van der Waals surface area contributed by atoms with Crippen LogP contribution in [0.15, 0.2) is 65.3 Å². The first-order valence-electron chi connectivity index (χ1n) is 7.84. The van der Waals surface area contributed by atoms with Crippen molar-refractivity contribution in [3.05, 3.63) is 76.5 Å². The third kappa shape index (κ3) is 4.80. The Morgan fingerprint density at radius 3 is 2.11 bits per heavy atom. The van der Waals surface area contributed by atoms with Crippen molar-refractivity contribution >= 4 is 27.5 Å². The molecule has 9 heteroatoms. The third-order valence-corrected chi connectivity index (χ3v) is 4.03. The van der Waals surface area contributed by atoms with Gasteiger partial charge in [0.05, 0.1) is 5.56 Å². The Morgan fingerprint density at radius 2 is 1.54 bits per heavy atom. The Kier molecular flexibility index (Phi) is 5.55. The van der Waals surface area contributed by atoms with Gasteiger partial charge in [-0.3, -0.25) is 4.79 Å². The summed E-state index contributed by atoms with van der Waals surface area (Å²) in [6.07, 6.45) is -4.41. The zero-order chi connectivity index (χ0) is 20.3. The van der Waals surface area contributed by atoms with Crippen LogP contribution in [0.5, 0.6) is 17.2 Å². The van der Waals surface area contributed by atoms with Gasteiger partial charge in [0.25, 0.3) is 5.91 Å². The maximum absolute atomic E-state index is 12.6.